The summed E-state index contributed by atoms with van der Waals surface area (Å²) >= 11 is 0. The van der Waals surface area contributed by atoms with E-state index in [-0.39, 0.29) is 29.6 Å². The van der Waals surface area contributed by atoms with Crippen molar-refractivity contribution < 1.29 is 39.5 Å². The number of aliphatic carboxylic acids is 1. The van der Waals surface area contributed by atoms with Crippen LogP contribution in [0, 0.1) is 0 Å². The Hall–Kier alpha value is -1.21. The molecule has 0 amide bonds. The van der Waals surface area contributed by atoms with E-state index in [0.29, 0.717) is 25.4 Å². The van der Waals surface area contributed by atoms with Crippen molar-refractivity contribution in [3.63, 3.8) is 0 Å². The maximum absolute atomic E-state index is 11.6. The molecule has 1 atom stereocenters. The first-order chi connectivity index (χ1) is 11.6. The van der Waals surface area contributed by atoms with Crippen LogP contribution in [-0.2, 0) is 17.8 Å². The molecule has 2 aromatic rings. The smallest absolute Gasteiger partial charge is 0.548 e. The molecule has 1 heterocycles. The van der Waals surface area contributed by atoms with Crippen LogP contribution in [0.4, 0.5) is 0 Å². The van der Waals surface area contributed by atoms with E-state index < -0.39 is 11.5 Å². The number of carbonyl (C=O) groups is 1. The zero-order chi connectivity index (χ0) is 17.0. The number of carboxylic acid groups (broad SMARTS) is 1. The number of carbonyl (C=O) groups excluding carboxylic acids is 1. The van der Waals surface area contributed by atoms with E-state index in [1.807, 2.05) is 41.2 Å². The van der Waals surface area contributed by atoms with Gasteiger partial charge in [-0.15, -0.1) is 5.10 Å². The maximum atomic E-state index is 11.6. The van der Waals surface area contributed by atoms with E-state index in [2.05, 4.69) is 15.6 Å². The van der Waals surface area contributed by atoms with Gasteiger partial charge in [-0.05, 0) is 44.6 Å². The average molecular weight is 350 g/mol. The summed E-state index contributed by atoms with van der Waals surface area (Å²) in [6, 6.07) is 10.3. The van der Waals surface area contributed by atoms with Gasteiger partial charge < -0.3 is 15.2 Å². The van der Waals surface area contributed by atoms with E-state index in [9.17, 15) is 9.90 Å². The first-order valence-corrected chi connectivity index (χ1v) is 8.48. The van der Waals surface area contributed by atoms with Crippen molar-refractivity contribution in [3.8, 4) is 0 Å². The molecule has 1 aliphatic rings. The molecule has 1 aromatic heterocycles. The van der Waals surface area contributed by atoms with Gasteiger partial charge in [0.2, 0.25) is 0 Å². The van der Waals surface area contributed by atoms with Crippen LogP contribution in [0.3, 0.4) is 0 Å². The van der Waals surface area contributed by atoms with E-state index in [4.69, 9.17) is 0 Å². The molecule has 25 heavy (non-hydrogen) atoms. The Morgan fingerprint density at radius 1 is 1.36 bits per heavy atom. The van der Waals surface area contributed by atoms with Crippen molar-refractivity contribution in [3.05, 3.63) is 47.8 Å². The van der Waals surface area contributed by atoms with Gasteiger partial charge in [-0.1, -0.05) is 35.5 Å². The van der Waals surface area contributed by atoms with E-state index in [1.54, 1.807) is 6.92 Å². The second-order valence-electron chi connectivity index (χ2n) is 6.73. The minimum absolute atomic E-state index is 0. The standard InChI is InChI=1S/C18H24N4O2.Na/c1-18(17(23)24,11-10-14-6-3-2-4-7-14)19-12-15-13-22(21-20-15)16-8-5-9-16;/h2-4,6-7,13,16,19H,5,8-12H2,1H3,(H,23,24);/q;+1/p-1. The summed E-state index contributed by atoms with van der Waals surface area (Å²) in [4.78, 5) is 11.6. The summed E-state index contributed by atoms with van der Waals surface area (Å²) in [6.07, 6.45) is 6.56. The Labute approximate surface area is 170 Å². The van der Waals surface area contributed by atoms with Crippen LogP contribution >= 0.6 is 0 Å². The summed E-state index contributed by atoms with van der Waals surface area (Å²) in [5.74, 6) is -1.09. The number of carboxylic acids is 1. The van der Waals surface area contributed by atoms with Gasteiger partial charge in [-0.2, -0.15) is 0 Å². The van der Waals surface area contributed by atoms with Crippen molar-refractivity contribution in [2.45, 2.75) is 57.2 Å². The predicted octanol–water partition coefficient (Wildman–Crippen LogP) is -1.76. The molecule has 7 heteroatoms. The molecule has 1 aliphatic carbocycles. The Kier molecular flexibility index (Phi) is 7.19. The number of hydrogen-bond donors (Lipinski definition) is 1. The van der Waals surface area contributed by atoms with Gasteiger partial charge in [0.15, 0.2) is 0 Å². The molecule has 1 fully saturated rings. The van der Waals surface area contributed by atoms with Gasteiger partial charge in [-0.25, -0.2) is 4.68 Å². The van der Waals surface area contributed by atoms with Crippen molar-refractivity contribution >= 4 is 5.97 Å². The van der Waals surface area contributed by atoms with Crippen molar-refractivity contribution in [2.24, 2.45) is 0 Å². The first kappa shape index (κ1) is 20.1. The van der Waals surface area contributed by atoms with Gasteiger partial charge in [0.05, 0.1) is 29.4 Å². The second kappa shape index (κ2) is 8.94. The Bertz CT molecular complexity index is 687. The number of aryl methyl sites for hydroxylation is 1. The summed E-state index contributed by atoms with van der Waals surface area (Å²) in [5, 5.41) is 23.0. The van der Waals surface area contributed by atoms with Crippen LogP contribution in [0.15, 0.2) is 36.5 Å². The Morgan fingerprint density at radius 2 is 2.08 bits per heavy atom. The minimum Gasteiger partial charge on any atom is -0.548 e. The topological polar surface area (TPSA) is 82.9 Å². The molecular formula is C18H23N4NaO2. The minimum atomic E-state index is -1.10. The molecule has 6 nitrogen and oxygen atoms in total. The van der Waals surface area contributed by atoms with Crippen LogP contribution in [0.5, 0.6) is 0 Å². The zero-order valence-electron chi connectivity index (χ0n) is 14.9. The maximum Gasteiger partial charge on any atom is 1.00 e. The fraction of sp³-hybridized carbons (Fsp3) is 0.500. The van der Waals surface area contributed by atoms with Crippen LogP contribution in [0.25, 0.3) is 0 Å². The number of nitrogens with zero attached hydrogens (tertiary/aromatic N) is 3. The summed E-state index contributed by atoms with van der Waals surface area (Å²) < 4.78 is 1.89. The average Bonchev–Trinajstić information content (AvgIpc) is 2.98. The number of rotatable bonds is 8. The normalized spacial score (nSPS) is 16.5. The molecule has 0 spiro atoms. The van der Waals surface area contributed by atoms with E-state index in [0.717, 1.165) is 24.1 Å². The molecular weight excluding hydrogens is 327 g/mol. The quantitative estimate of drug-likeness (QED) is 0.570. The third-order valence-corrected chi connectivity index (χ3v) is 4.87. The number of hydrogen-bond acceptors (Lipinski definition) is 5. The van der Waals surface area contributed by atoms with E-state index >= 15 is 0 Å². The molecule has 1 N–H and O–H groups in total. The first-order valence-electron chi connectivity index (χ1n) is 8.48. The van der Waals surface area contributed by atoms with E-state index in [1.165, 1.54) is 6.42 Å². The summed E-state index contributed by atoms with van der Waals surface area (Å²) in [6.45, 7) is 2.04. The van der Waals surface area contributed by atoms with Gasteiger partial charge in [0.1, 0.15) is 0 Å². The molecule has 1 aromatic carbocycles. The van der Waals surface area contributed by atoms with Gasteiger partial charge >= 0.3 is 29.6 Å². The van der Waals surface area contributed by atoms with Crippen LogP contribution in [-0.4, -0.2) is 26.5 Å². The molecule has 1 saturated carbocycles. The fourth-order valence-corrected chi connectivity index (χ4v) is 2.81. The molecule has 0 aliphatic heterocycles. The number of nitrogens with one attached hydrogen (secondary N) is 1. The Balaban J connectivity index is 0.00000225. The molecule has 1 unspecified atom stereocenters. The molecule has 0 bridgehead atoms. The zero-order valence-corrected chi connectivity index (χ0v) is 16.9. The summed E-state index contributed by atoms with van der Waals surface area (Å²) in [7, 11) is 0. The third kappa shape index (κ3) is 5.14. The molecule has 128 valence electrons. The number of aromatic nitrogens is 3. The largest absolute Gasteiger partial charge is 1.00 e. The Morgan fingerprint density at radius 3 is 2.68 bits per heavy atom. The fourth-order valence-electron chi connectivity index (χ4n) is 2.81. The van der Waals surface area contributed by atoms with Crippen LogP contribution in [0.1, 0.15) is 49.9 Å². The molecule has 3 rings (SSSR count). The van der Waals surface area contributed by atoms with Gasteiger partial charge in [0.25, 0.3) is 0 Å². The SMILES string of the molecule is CC(CCc1ccccc1)(NCc1cn(C2CCC2)nn1)C(=O)[O-].[Na+]. The molecule has 0 saturated heterocycles. The van der Waals surface area contributed by atoms with Gasteiger partial charge in [0, 0.05) is 6.54 Å². The number of benzene rings is 1. The monoisotopic (exact) mass is 350 g/mol. The van der Waals surface area contributed by atoms with Crippen molar-refractivity contribution in [1.82, 2.24) is 20.3 Å². The second-order valence-corrected chi connectivity index (χ2v) is 6.73. The van der Waals surface area contributed by atoms with Crippen LogP contribution < -0.4 is 40.0 Å². The van der Waals surface area contributed by atoms with Crippen molar-refractivity contribution in [1.29, 1.82) is 0 Å². The molecule has 0 radical (unpaired) electrons. The van der Waals surface area contributed by atoms with Gasteiger partial charge in [-0.3, -0.25) is 0 Å². The van der Waals surface area contributed by atoms with Crippen molar-refractivity contribution in [2.75, 3.05) is 0 Å². The van der Waals surface area contributed by atoms with Crippen LogP contribution in [0.2, 0.25) is 0 Å². The summed E-state index contributed by atoms with van der Waals surface area (Å²) in [5.41, 5.74) is 0.771. The third-order valence-electron chi connectivity index (χ3n) is 4.87. The predicted molar refractivity (Wildman–Crippen MR) is 87.9 cm³/mol.